The Morgan fingerprint density at radius 2 is 2.04 bits per heavy atom. The van der Waals surface area contributed by atoms with Crippen molar-refractivity contribution in [2.24, 2.45) is 0 Å². The van der Waals surface area contributed by atoms with E-state index in [4.69, 9.17) is 9.47 Å². The minimum atomic E-state index is -0.493. The lowest BCUT2D eigenvalue weighted by molar-refractivity contribution is 0.125. The summed E-state index contributed by atoms with van der Waals surface area (Å²) in [7, 11) is 0. The van der Waals surface area contributed by atoms with Crippen molar-refractivity contribution < 1.29 is 14.3 Å². The number of nitrogens with one attached hydrogen (secondary N) is 1. The van der Waals surface area contributed by atoms with Crippen molar-refractivity contribution in [3.63, 3.8) is 0 Å². The first kappa shape index (κ1) is 16.5. The van der Waals surface area contributed by atoms with Gasteiger partial charge in [-0.15, -0.1) is 0 Å². The Kier molecular flexibility index (Phi) is 6.17. The number of alkyl carbamates (subject to hydrolysis) is 1. The van der Waals surface area contributed by atoms with Gasteiger partial charge in [0.25, 0.3) is 5.56 Å². The second-order valence-electron chi connectivity index (χ2n) is 4.69. The first-order chi connectivity index (χ1) is 11.2. The number of carbonyl (C=O) groups is 1. The van der Waals surface area contributed by atoms with Crippen LogP contribution in [0, 0.1) is 0 Å². The molecule has 2 rings (SSSR count). The summed E-state index contributed by atoms with van der Waals surface area (Å²) in [6, 6.07) is 11.0. The molecule has 0 radical (unpaired) electrons. The zero-order chi connectivity index (χ0) is 16.5. The number of ether oxygens (including phenoxy) is 2. The van der Waals surface area contributed by atoms with Gasteiger partial charge in [0.1, 0.15) is 19.0 Å². The van der Waals surface area contributed by atoms with Crippen LogP contribution < -0.4 is 15.6 Å². The number of hydrogen-bond donors (Lipinski definition) is 1. The summed E-state index contributed by atoms with van der Waals surface area (Å²) >= 11 is 0. The van der Waals surface area contributed by atoms with Crippen molar-refractivity contribution in [1.29, 1.82) is 0 Å². The number of benzene rings is 1. The Bertz CT molecular complexity index is 685. The van der Waals surface area contributed by atoms with Gasteiger partial charge in [0.05, 0.1) is 12.7 Å². The molecule has 1 aromatic carbocycles. The molecule has 0 fully saturated rings. The maximum atomic E-state index is 12.0. The first-order valence-corrected chi connectivity index (χ1v) is 7.33. The normalized spacial score (nSPS) is 10.1. The van der Waals surface area contributed by atoms with Gasteiger partial charge in [-0.1, -0.05) is 30.3 Å². The largest absolute Gasteiger partial charge is 0.488 e. The Labute approximate surface area is 133 Å². The Morgan fingerprint density at radius 1 is 1.26 bits per heavy atom. The molecule has 0 aliphatic carbocycles. The van der Waals surface area contributed by atoms with Crippen LogP contribution in [-0.4, -0.2) is 35.6 Å². The van der Waals surface area contributed by atoms with Gasteiger partial charge in [0.2, 0.25) is 0 Å². The minimum absolute atomic E-state index is 0.0962. The van der Waals surface area contributed by atoms with Gasteiger partial charge in [-0.25, -0.2) is 9.48 Å². The smallest absolute Gasteiger partial charge is 0.407 e. The van der Waals surface area contributed by atoms with Crippen molar-refractivity contribution in [3.8, 4) is 5.75 Å². The van der Waals surface area contributed by atoms with E-state index in [0.717, 1.165) is 5.56 Å². The number of rotatable bonds is 7. The molecule has 0 atom stereocenters. The SMILES string of the molecule is CCNC(=O)OCCOc1cnn(Cc2ccccc2)c(=O)c1. The third-order valence-electron chi connectivity index (χ3n) is 2.93. The summed E-state index contributed by atoms with van der Waals surface area (Å²) in [6.07, 6.45) is 0.976. The zero-order valence-electron chi connectivity index (χ0n) is 12.9. The second kappa shape index (κ2) is 8.57. The molecule has 1 N–H and O–H groups in total. The summed E-state index contributed by atoms with van der Waals surface area (Å²) in [5.74, 6) is 0.346. The lowest BCUT2D eigenvalue weighted by Gasteiger charge is -2.08. The van der Waals surface area contributed by atoms with E-state index in [1.54, 1.807) is 6.92 Å². The van der Waals surface area contributed by atoms with Crippen LogP contribution in [-0.2, 0) is 11.3 Å². The number of aromatic nitrogens is 2. The van der Waals surface area contributed by atoms with Gasteiger partial charge in [0, 0.05) is 12.6 Å². The third kappa shape index (κ3) is 5.46. The fourth-order valence-electron chi connectivity index (χ4n) is 1.86. The Hall–Kier alpha value is -2.83. The summed E-state index contributed by atoms with van der Waals surface area (Å²) < 4.78 is 11.6. The molecule has 122 valence electrons. The van der Waals surface area contributed by atoms with Gasteiger partial charge in [-0.05, 0) is 12.5 Å². The zero-order valence-corrected chi connectivity index (χ0v) is 12.9. The van der Waals surface area contributed by atoms with Crippen molar-refractivity contribution in [1.82, 2.24) is 15.1 Å². The lowest BCUT2D eigenvalue weighted by atomic mass is 10.2. The summed E-state index contributed by atoms with van der Waals surface area (Å²) in [5.41, 5.74) is 0.738. The number of carbonyl (C=O) groups excluding carboxylic acids is 1. The second-order valence-corrected chi connectivity index (χ2v) is 4.69. The maximum Gasteiger partial charge on any atom is 0.407 e. The quantitative estimate of drug-likeness (QED) is 0.781. The standard InChI is InChI=1S/C16H19N3O4/c1-2-17-16(21)23-9-8-22-14-10-15(20)19(18-11-14)12-13-6-4-3-5-7-13/h3-7,10-11H,2,8-9,12H2,1H3,(H,17,21). The molecule has 7 heteroatoms. The summed E-state index contributed by atoms with van der Waals surface area (Å²) in [5, 5.41) is 6.58. The molecule has 1 aromatic heterocycles. The highest BCUT2D eigenvalue weighted by Crippen LogP contribution is 2.05. The topological polar surface area (TPSA) is 82.4 Å². The van der Waals surface area contributed by atoms with E-state index in [-0.39, 0.29) is 18.8 Å². The molecular weight excluding hydrogens is 298 g/mol. The van der Waals surface area contributed by atoms with Crippen molar-refractivity contribution in [3.05, 3.63) is 58.5 Å². The minimum Gasteiger partial charge on any atom is -0.488 e. The van der Waals surface area contributed by atoms with Crippen molar-refractivity contribution in [2.45, 2.75) is 13.5 Å². The van der Waals surface area contributed by atoms with Crippen LogP contribution in [0.3, 0.4) is 0 Å². The first-order valence-electron chi connectivity index (χ1n) is 7.33. The molecule has 0 saturated carbocycles. The number of amides is 1. The van der Waals surface area contributed by atoms with Crippen LogP contribution in [0.5, 0.6) is 5.75 Å². The van der Waals surface area contributed by atoms with E-state index in [2.05, 4.69) is 10.4 Å². The molecule has 7 nitrogen and oxygen atoms in total. The predicted octanol–water partition coefficient (Wildman–Crippen LogP) is 1.42. The van der Waals surface area contributed by atoms with Crippen molar-refractivity contribution >= 4 is 6.09 Å². The number of nitrogens with zero attached hydrogens (tertiary/aromatic N) is 2. The highest BCUT2D eigenvalue weighted by molar-refractivity contribution is 5.66. The van der Waals surface area contributed by atoms with E-state index < -0.39 is 6.09 Å². The van der Waals surface area contributed by atoms with E-state index in [9.17, 15) is 9.59 Å². The molecule has 0 spiro atoms. The van der Waals surface area contributed by atoms with Gasteiger partial charge >= 0.3 is 6.09 Å². The molecule has 0 unspecified atom stereocenters. The predicted molar refractivity (Wildman–Crippen MR) is 84.6 cm³/mol. The van der Waals surface area contributed by atoms with Gasteiger partial charge in [-0.3, -0.25) is 4.79 Å². The molecular formula is C16H19N3O4. The van der Waals surface area contributed by atoms with Crippen LogP contribution in [0.4, 0.5) is 4.79 Å². The van der Waals surface area contributed by atoms with Crippen LogP contribution in [0.25, 0.3) is 0 Å². The average Bonchev–Trinajstić information content (AvgIpc) is 2.55. The molecule has 1 amide bonds. The van der Waals surface area contributed by atoms with Gasteiger partial charge in [0.15, 0.2) is 0 Å². The van der Waals surface area contributed by atoms with Crippen LogP contribution in [0.2, 0.25) is 0 Å². The molecule has 1 heterocycles. The maximum absolute atomic E-state index is 12.0. The average molecular weight is 317 g/mol. The van der Waals surface area contributed by atoms with E-state index >= 15 is 0 Å². The monoisotopic (exact) mass is 317 g/mol. The third-order valence-corrected chi connectivity index (χ3v) is 2.93. The highest BCUT2D eigenvalue weighted by atomic mass is 16.6. The van der Waals surface area contributed by atoms with Crippen LogP contribution in [0.1, 0.15) is 12.5 Å². The molecule has 0 aliphatic heterocycles. The van der Waals surface area contributed by atoms with Crippen molar-refractivity contribution in [2.75, 3.05) is 19.8 Å². The molecule has 0 saturated heterocycles. The Balaban J connectivity index is 1.85. The molecule has 2 aromatic rings. The summed E-state index contributed by atoms with van der Waals surface area (Å²) in [4.78, 5) is 23.1. The molecule has 23 heavy (non-hydrogen) atoms. The highest BCUT2D eigenvalue weighted by Gasteiger charge is 2.03. The fourth-order valence-corrected chi connectivity index (χ4v) is 1.86. The van der Waals surface area contributed by atoms with Crippen LogP contribution in [0.15, 0.2) is 47.4 Å². The molecule has 0 aliphatic rings. The number of hydrogen-bond acceptors (Lipinski definition) is 5. The Morgan fingerprint density at radius 3 is 2.74 bits per heavy atom. The fraction of sp³-hybridized carbons (Fsp3) is 0.312. The van der Waals surface area contributed by atoms with E-state index in [0.29, 0.717) is 18.8 Å². The van der Waals surface area contributed by atoms with E-state index in [1.807, 2.05) is 30.3 Å². The molecule has 0 bridgehead atoms. The van der Waals surface area contributed by atoms with Gasteiger partial charge < -0.3 is 14.8 Å². The lowest BCUT2D eigenvalue weighted by Crippen LogP contribution is -2.26. The van der Waals surface area contributed by atoms with Gasteiger partial charge in [-0.2, -0.15) is 5.10 Å². The van der Waals surface area contributed by atoms with Crippen LogP contribution >= 0.6 is 0 Å². The summed E-state index contributed by atoms with van der Waals surface area (Å²) in [6.45, 7) is 2.96. The van der Waals surface area contributed by atoms with E-state index in [1.165, 1.54) is 16.9 Å².